The first kappa shape index (κ1) is 11.5. The molecule has 0 amide bonds. The molecule has 0 radical (unpaired) electrons. The van der Waals surface area contributed by atoms with Gasteiger partial charge in [0.1, 0.15) is 0 Å². The normalized spacial score (nSPS) is 35.4. The quantitative estimate of drug-likeness (QED) is 0.690. The van der Waals surface area contributed by atoms with Gasteiger partial charge in [-0.1, -0.05) is 12.8 Å². The molecule has 1 spiro atoms. The number of fused-ring (bicyclic) bond motifs is 2. The van der Waals surface area contributed by atoms with E-state index in [4.69, 9.17) is 4.74 Å². The van der Waals surface area contributed by atoms with E-state index in [1.165, 1.54) is 45.1 Å². The van der Waals surface area contributed by atoms with Gasteiger partial charge < -0.3 is 4.74 Å². The van der Waals surface area contributed by atoms with Crippen molar-refractivity contribution in [3.05, 3.63) is 0 Å². The van der Waals surface area contributed by atoms with E-state index < -0.39 is 0 Å². The molecule has 2 heterocycles. The first-order valence-corrected chi connectivity index (χ1v) is 7.20. The van der Waals surface area contributed by atoms with Crippen LogP contribution >= 0.6 is 0 Å². The first-order valence-electron chi connectivity index (χ1n) is 7.20. The van der Waals surface area contributed by atoms with Crippen molar-refractivity contribution in [3.8, 4) is 0 Å². The predicted octanol–water partition coefficient (Wildman–Crippen LogP) is 2.35. The highest BCUT2D eigenvalue weighted by molar-refractivity contribution is 5.74. The van der Waals surface area contributed by atoms with Crippen molar-refractivity contribution in [2.75, 3.05) is 13.2 Å². The summed E-state index contributed by atoms with van der Waals surface area (Å²) < 4.78 is 5.27. The Morgan fingerprint density at radius 1 is 1.35 bits per heavy atom. The van der Waals surface area contributed by atoms with Crippen molar-refractivity contribution in [2.24, 2.45) is 5.92 Å². The highest BCUT2D eigenvalue weighted by Gasteiger charge is 2.56. The Labute approximate surface area is 104 Å². The molecule has 0 aromatic rings. The highest BCUT2D eigenvalue weighted by Crippen LogP contribution is 2.51. The molecule has 2 saturated heterocycles. The molecule has 1 aliphatic carbocycles. The summed E-state index contributed by atoms with van der Waals surface area (Å²) in [7, 11) is 0. The molecule has 0 bridgehead atoms. The van der Waals surface area contributed by atoms with Crippen molar-refractivity contribution in [1.29, 1.82) is 0 Å². The predicted molar refractivity (Wildman–Crippen MR) is 65.7 cm³/mol. The van der Waals surface area contributed by atoms with Gasteiger partial charge in [-0.3, -0.25) is 9.69 Å². The zero-order chi connectivity index (χ0) is 11.9. The van der Waals surface area contributed by atoms with Gasteiger partial charge in [0.25, 0.3) is 0 Å². The maximum Gasteiger partial charge on any atom is 0.310 e. The molecule has 0 unspecified atom stereocenters. The molecule has 96 valence electrons. The van der Waals surface area contributed by atoms with Gasteiger partial charge >= 0.3 is 5.97 Å². The van der Waals surface area contributed by atoms with E-state index >= 15 is 0 Å². The monoisotopic (exact) mass is 237 g/mol. The summed E-state index contributed by atoms with van der Waals surface area (Å²) in [5.74, 6) is 0.226. The number of hydrogen-bond acceptors (Lipinski definition) is 3. The number of carbonyl (C=O) groups is 1. The largest absolute Gasteiger partial charge is 0.466 e. The molecule has 0 N–H and O–H groups in total. The van der Waals surface area contributed by atoms with E-state index in [9.17, 15) is 4.79 Å². The average molecular weight is 237 g/mol. The van der Waals surface area contributed by atoms with Gasteiger partial charge in [0.15, 0.2) is 0 Å². The maximum absolute atomic E-state index is 12.1. The standard InChI is InChI=1S/C14H23NO2/c1-2-17-13(16)11-10-14(7-3-4-8-14)15-9-5-6-12(11)15/h11-12H,2-10H2,1H3/t11-,12+/m1/s1. The molecule has 3 nitrogen and oxygen atoms in total. The van der Waals surface area contributed by atoms with Gasteiger partial charge in [-0.25, -0.2) is 0 Å². The summed E-state index contributed by atoms with van der Waals surface area (Å²) in [5, 5.41) is 0. The van der Waals surface area contributed by atoms with Crippen LogP contribution in [0.4, 0.5) is 0 Å². The lowest BCUT2D eigenvalue weighted by Crippen LogP contribution is -2.42. The number of ether oxygens (including phenoxy) is 1. The van der Waals surface area contributed by atoms with Crippen molar-refractivity contribution >= 4 is 5.97 Å². The Morgan fingerprint density at radius 2 is 2.12 bits per heavy atom. The van der Waals surface area contributed by atoms with Crippen molar-refractivity contribution in [3.63, 3.8) is 0 Å². The number of esters is 1. The Morgan fingerprint density at radius 3 is 2.82 bits per heavy atom. The fourth-order valence-electron chi connectivity index (χ4n) is 4.48. The van der Waals surface area contributed by atoms with E-state index in [0.29, 0.717) is 18.2 Å². The van der Waals surface area contributed by atoms with E-state index in [0.717, 1.165) is 6.42 Å². The topological polar surface area (TPSA) is 29.5 Å². The zero-order valence-corrected chi connectivity index (χ0v) is 10.8. The van der Waals surface area contributed by atoms with Gasteiger partial charge in [0, 0.05) is 11.6 Å². The van der Waals surface area contributed by atoms with Gasteiger partial charge in [0.05, 0.1) is 12.5 Å². The van der Waals surface area contributed by atoms with Crippen LogP contribution in [0.25, 0.3) is 0 Å². The summed E-state index contributed by atoms with van der Waals surface area (Å²) in [6.45, 7) is 3.64. The average Bonchev–Trinajstić information content (AvgIpc) is 3.00. The molecule has 0 aromatic carbocycles. The summed E-state index contributed by atoms with van der Waals surface area (Å²) in [4.78, 5) is 14.7. The maximum atomic E-state index is 12.1. The lowest BCUT2D eigenvalue weighted by molar-refractivity contribution is -0.148. The van der Waals surface area contributed by atoms with E-state index in [1.807, 2.05) is 6.92 Å². The molecule has 3 fully saturated rings. The summed E-state index contributed by atoms with van der Waals surface area (Å²) >= 11 is 0. The molecule has 0 aromatic heterocycles. The molecule has 3 heteroatoms. The Balaban J connectivity index is 1.81. The molecule has 3 aliphatic rings. The third kappa shape index (κ3) is 1.70. The lowest BCUT2D eigenvalue weighted by atomic mass is 9.88. The fourth-order valence-corrected chi connectivity index (χ4v) is 4.48. The van der Waals surface area contributed by atoms with E-state index in [1.54, 1.807) is 0 Å². The fraction of sp³-hybridized carbons (Fsp3) is 0.929. The van der Waals surface area contributed by atoms with Crippen LogP contribution in [0.3, 0.4) is 0 Å². The molecular formula is C14H23NO2. The number of rotatable bonds is 2. The summed E-state index contributed by atoms with van der Waals surface area (Å²) in [6, 6.07) is 0.493. The van der Waals surface area contributed by atoms with Gasteiger partial charge in [-0.15, -0.1) is 0 Å². The van der Waals surface area contributed by atoms with Crippen LogP contribution in [-0.2, 0) is 9.53 Å². The summed E-state index contributed by atoms with van der Waals surface area (Å²) in [6.07, 6.45) is 8.83. The van der Waals surface area contributed by atoms with E-state index in [2.05, 4.69) is 4.90 Å². The minimum Gasteiger partial charge on any atom is -0.466 e. The van der Waals surface area contributed by atoms with Crippen LogP contribution in [0, 0.1) is 5.92 Å². The Kier molecular flexibility index (Phi) is 2.89. The molecule has 2 atom stereocenters. The van der Waals surface area contributed by atoms with Crippen LogP contribution in [0.15, 0.2) is 0 Å². The summed E-state index contributed by atoms with van der Waals surface area (Å²) in [5.41, 5.74) is 0.374. The van der Waals surface area contributed by atoms with Crippen molar-refractivity contribution < 1.29 is 9.53 Å². The van der Waals surface area contributed by atoms with Crippen molar-refractivity contribution in [2.45, 2.75) is 63.5 Å². The van der Waals surface area contributed by atoms with Crippen LogP contribution in [-0.4, -0.2) is 35.6 Å². The molecule has 17 heavy (non-hydrogen) atoms. The second-order valence-electron chi connectivity index (χ2n) is 5.90. The van der Waals surface area contributed by atoms with E-state index in [-0.39, 0.29) is 11.9 Å². The Hall–Kier alpha value is -0.570. The van der Waals surface area contributed by atoms with Crippen LogP contribution in [0.2, 0.25) is 0 Å². The third-order valence-electron chi connectivity index (χ3n) is 5.10. The number of carbonyl (C=O) groups excluding carboxylic acids is 1. The second kappa shape index (κ2) is 4.27. The van der Waals surface area contributed by atoms with Crippen molar-refractivity contribution in [1.82, 2.24) is 4.90 Å². The van der Waals surface area contributed by atoms with Crippen LogP contribution in [0.5, 0.6) is 0 Å². The molecule has 3 rings (SSSR count). The first-order chi connectivity index (χ1) is 8.27. The Bertz CT molecular complexity index is 309. The molecule has 1 saturated carbocycles. The smallest absolute Gasteiger partial charge is 0.310 e. The number of nitrogens with zero attached hydrogens (tertiary/aromatic N) is 1. The zero-order valence-electron chi connectivity index (χ0n) is 10.8. The minimum absolute atomic E-state index is 0.0631. The third-order valence-corrected chi connectivity index (χ3v) is 5.10. The highest BCUT2D eigenvalue weighted by atomic mass is 16.5. The second-order valence-corrected chi connectivity index (χ2v) is 5.90. The number of hydrogen-bond donors (Lipinski definition) is 0. The SMILES string of the molecule is CCOC(=O)[C@@H]1CC2(CCCC2)N2CCC[C@@H]12. The van der Waals surface area contributed by atoms with Crippen LogP contribution in [0.1, 0.15) is 51.9 Å². The molecular weight excluding hydrogens is 214 g/mol. The van der Waals surface area contributed by atoms with Gasteiger partial charge in [-0.2, -0.15) is 0 Å². The van der Waals surface area contributed by atoms with Gasteiger partial charge in [-0.05, 0) is 45.6 Å². The minimum atomic E-state index is 0.0631. The lowest BCUT2D eigenvalue weighted by Gasteiger charge is -2.34. The van der Waals surface area contributed by atoms with Crippen LogP contribution < -0.4 is 0 Å². The molecule has 2 aliphatic heterocycles. The van der Waals surface area contributed by atoms with Gasteiger partial charge in [0.2, 0.25) is 0 Å².